The molecule has 6 nitrogen and oxygen atoms in total. The highest BCUT2D eigenvalue weighted by Gasteiger charge is 2.19. The van der Waals surface area contributed by atoms with Gasteiger partial charge in [-0.05, 0) is 41.5 Å². The minimum absolute atomic E-state index is 0.283. The zero-order valence-corrected chi connectivity index (χ0v) is 19.5. The van der Waals surface area contributed by atoms with Crippen LogP contribution < -0.4 is 4.31 Å². The van der Waals surface area contributed by atoms with Crippen LogP contribution in [0.2, 0.25) is 0 Å². The van der Waals surface area contributed by atoms with Crippen molar-refractivity contribution in [1.82, 2.24) is 19.9 Å². The minimum atomic E-state index is -1.44. The zero-order valence-electron chi connectivity index (χ0n) is 18.7. The van der Waals surface area contributed by atoms with Gasteiger partial charge in [-0.15, -0.1) is 0 Å². The van der Waals surface area contributed by atoms with Gasteiger partial charge in [0.05, 0.1) is 18.2 Å². The molecular weight excluding hydrogens is 461 g/mol. The van der Waals surface area contributed by atoms with Crippen molar-refractivity contribution < 1.29 is 8.60 Å². The van der Waals surface area contributed by atoms with Gasteiger partial charge >= 0.3 is 0 Å². The fourth-order valence-corrected chi connectivity index (χ4v) is 5.28. The number of imidazole rings is 1. The van der Waals surface area contributed by atoms with Crippen LogP contribution in [-0.4, -0.2) is 31.2 Å². The number of nitrogens with one attached hydrogen (secondary N) is 2. The summed E-state index contributed by atoms with van der Waals surface area (Å²) in [5.41, 5.74) is 6.28. The van der Waals surface area contributed by atoms with Crippen LogP contribution >= 0.6 is 0 Å². The quantitative estimate of drug-likeness (QED) is 0.314. The van der Waals surface area contributed by atoms with Gasteiger partial charge in [-0.3, -0.25) is 4.31 Å². The van der Waals surface area contributed by atoms with Crippen LogP contribution in [0.25, 0.3) is 44.2 Å². The molecule has 6 aromatic rings. The van der Waals surface area contributed by atoms with E-state index in [1.165, 1.54) is 18.5 Å². The van der Waals surface area contributed by atoms with Crippen molar-refractivity contribution in [2.75, 3.05) is 11.4 Å². The fourth-order valence-electron chi connectivity index (χ4n) is 4.37. The second kappa shape index (κ2) is 8.48. The molecule has 1 unspecified atom stereocenters. The SMILES string of the molecule is CN(c1ccc2[nH]c3ncc(-c4ccc(F)cc4)c(-c4ccccc4)c3c2c1)S(=O)c1cnc[nH]1. The van der Waals surface area contributed by atoms with E-state index < -0.39 is 11.0 Å². The maximum Gasteiger partial charge on any atom is 0.171 e. The number of rotatable bonds is 5. The van der Waals surface area contributed by atoms with Crippen molar-refractivity contribution in [3.63, 3.8) is 0 Å². The maximum atomic E-state index is 13.7. The first-order chi connectivity index (χ1) is 17.1. The molecule has 0 aliphatic carbocycles. The Labute approximate surface area is 203 Å². The molecule has 0 amide bonds. The number of H-pyrrole nitrogens is 2. The summed E-state index contributed by atoms with van der Waals surface area (Å²) < 4.78 is 28.4. The molecule has 3 heterocycles. The topological polar surface area (TPSA) is 77.7 Å². The van der Waals surface area contributed by atoms with Gasteiger partial charge in [-0.25, -0.2) is 18.6 Å². The predicted molar refractivity (Wildman–Crippen MR) is 138 cm³/mol. The molecular formula is C27H20FN5OS. The Morgan fingerprint density at radius 2 is 1.74 bits per heavy atom. The van der Waals surface area contributed by atoms with Gasteiger partial charge in [-0.1, -0.05) is 42.5 Å². The normalized spacial score (nSPS) is 12.3. The van der Waals surface area contributed by atoms with E-state index in [2.05, 4.69) is 27.1 Å². The van der Waals surface area contributed by atoms with Crippen LogP contribution in [0.5, 0.6) is 0 Å². The Bertz CT molecular complexity index is 1680. The molecule has 0 spiro atoms. The lowest BCUT2D eigenvalue weighted by Crippen LogP contribution is -2.20. The highest BCUT2D eigenvalue weighted by atomic mass is 32.2. The second-order valence-corrected chi connectivity index (χ2v) is 9.65. The van der Waals surface area contributed by atoms with Crippen molar-refractivity contribution in [2.24, 2.45) is 0 Å². The van der Waals surface area contributed by atoms with Gasteiger partial charge in [0.25, 0.3) is 0 Å². The molecule has 0 bridgehead atoms. The highest BCUT2D eigenvalue weighted by Crippen LogP contribution is 2.41. The summed E-state index contributed by atoms with van der Waals surface area (Å²) in [6.45, 7) is 0. The molecule has 0 radical (unpaired) electrons. The summed E-state index contributed by atoms with van der Waals surface area (Å²) in [6, 6.07) is 22.5. The third-order valence-electron chi connectivity index (χ3n) is 6.10. The van der Waals surface area contributed by atoms with Gasteiger partial charge in [0.2, 0.25) is 0 Å². The molecule has 0 saturated heterocycles. The molecule has 1 atom stereocenters. The lowest BCUT2D eigenvalue weighted by Gasteiger charge is -2.17. The van der Waals surface area contributed by atoms with E-state index in [-0.39, 0.29) is 5.82 Å². The van der Waals surface area contributed by atoms with E-state index in [0.717, 1.165) is 49.9 Å². The summed E-state index contributed by atoms with van der Waals surface area (Å²) in [5, 5.41) is 2.44. The molecule has 3 aromatic heterocycles. The predicted octanol–water partition coefficient (Wildman–Crippen LogP) is 6.07. The largest absolute Gasteiger partial charge is 0.339 e. The first kappa shape index (κ1) is 21.2. The number of hydrogen-bond donors (Lipinski definition) is 2. The van der Waals surface area contributed by atoms with Crippen molar-refractivity contribution in [3.05, 3.63) is 97.3 Å². The third-order valence-corrected chi connectivity index (χ3v) is 7.40. The van der Waals surface area contributed by atoms with Gasteiger partial charge in [0.1, 0.15) is 16.5 Å². The van der Waals surface area contributed by atoms with Gasteiger partial charge in [0, 0.05) is 40.7 Å². The van der Waals surface area contributed by atoms with Gasteiger partial charge in [0.15, 0.2) is 11.0 Å². The Morgan fingerprint density at radius 1 is 0.943 bits per heavy atom. The molecule has 35 heavy (non-hydrogen) atoms. The number of benzene rings is 3. The van der Waals surface area contributed by atoms with E-state index in [0.29, 0.717) is 5.03 Å². The molecule has 3 aromatic carbocycles. The first-order valence-corrected chi connectivity index (χ1v) is 12.1. The zero-order chi connectivity index (χ0) is 23.9. The van der Waals surface area contributed by atoms with E-state index in [1.54, 1.807) is 29.7 Å². The molecule has 0 aliphatic rings. The monoisotopic (exact) mass is 481 g/mol. The number of pyridine rings is 1. The molecule has 172 valence electrons. The Balaban J connectivity index is 1.61. The molecule has 2 N–H and O–H groups in total. The van der Waals surface area contributed by atoms with E-state index >= 15 is 0 Å². The lowest BCUT2D eigenvalue weighted by atomic mass is 9.93. The van der Waals surface area contributed by atoms with Crippen LogP contribution in [0.3, 0.4) is 0 Å². The number of fused-ring (bicyclic) bond motifs is 3. The average Bonchev–Trinajstić information content (AvgIpc) is 3.56. The summed E-state index contributed by atoms with van der Waals surface area (Å²) in [4.78, 5) is 15.0. The van der Waals surface area contributed by atoms with Crippen molar-refractivity contribution >= 4 is 38.6 Å². The molecule has 8 heteroatoms. The van der Waals surface area contributed by atoms with Crippen LogP contribution in [0.1, 0.15) is 0 Å². The van der Waals surface area contributed by atoms with Crippen LogP contribution in [0.4, 0.5) is 10.1 Å². The van der Waals surface area contributed by atoms with Crippen molar-refractivity contribution in [3.8, 4) is 22.3 Å². The number of aromatic amines is 2. The number of nitrogens with zero attached hydrogens (tertiary/aromatic N) is 3. The van der Waals surface area contributed by atoms with E-state index in [1.807, 2.05) is 42.6 Å². The Morgan fingerprint density at radius 3 is 2.49 bits per heavy atom. The molecule has 6 rings (SSSR count). The minimum Gasteiger partial charge on any atom is -0.339 e. The Hall–Kier alpha value is -4.30. The van der Waals surface area contributed by atoms with E-state index in [4.69, 9.17) is 4.98 Å². The van der Waals surface area contributed by atoms with Crippen molar-refractivity contribution in [2.45, 2.75) is 5.03 Å². The summed E-state index contributed by atoms with van der Waals surface area (Å²) in [7, 11) is 0.349. The molecule has 0 aliphatic heterocycles. The molecule has 0 fully saturated rings. The van der Waals surface area contributed by atoms with Crippen LogP contribution in [0.15, 0.2) is 96.5 Å². The number of halogens is 1. The standard InChI is InChI=1S/C27H20FN5OS/c1-33(35(34)24-15-29-16-31-24)20-11-12-23-21(13-20)26-25(18-5-3-2-4-6-18)22(14-30-27(26)32-23)17-7-9-19(28)10-8-17/h2-16H,1H3,(H,29,31)(H,30,32). The fraction of sp³-hybridized carbons (Fsp3) is 0.0370. The smallest absolute Gasteiger partial charge is 0.171 e. The van der Waals surface area contributed by atoms with Gasteiger partial charge < -0.3 is 9.97 Å². The first-order valence-electron chi connectivity index (χ1n) is 11.0. The second-order valence-electron chi connectivity index (χ2n) is 8.16. The van der Waals surface area contributed by atoms with E-state index in [9.17, 15) is 8.60 Å². The van der Waals surface area contributed by atoms with Gasteiger partial charge in [-0.2, -0.15) is 0 Å². The molecule has 0 saturated carbocycles. The summed E-state index contributed by atoms with van der Waals surface area (Å²) >= 11 is 0. The summed E-state index contributed by atoms with van der Waals surface area (Å²) in [6.07, 6.45) is 4.90. The summed E-state index contributed by atoms with van der Waals surface area (Å²) in [5.74, 6) is -0.283. The number of hydrogen-bond acceptors (Lipinski definition) is 3. The third kappa shape index (κ3) is 3.68. The van der Waals surface area contributed by atoms with Crippen LogP contribution in [0, 0.1) is 5.82 Å². The maximum absolute atomic E-state index is 13.7. The Kier molecular flexibility index (Phi) is 5.15. The highest BCUT2D eigenvalue weighted by molar-refractivity contribution is 7.86. The van der Waals surface area contributed by atoms with Crippen molar-refractivity contribution in [1.29, 1.82) is 0 Å². The lowest BCUT2D eigenvalue weighted by molar-refractivity contribution is 0.628. The van der Waals surface area contributed by atoms with Crippen LogP contribution in [-0.2, 0) is 11.0 Å². The number of aromatic nitrogens is 4. The average molecular weight is 482 g/mol. The number of anilines is 1.